The number of aliphatic hydroxyl groups is 1. The molecule has 120 valence electrons. The van der Waals surface area contributed by atoms with E-state index in [1.807, 2.05) is 0 Å². The van der Waals surface area contributed by atoms with Gasteiger partial charge in [0.1, 0.15) is 5.92 Å². The summed E-state index contributed by atoms with van der Waals surface area (Å²) < 4.78 is 4.54. The topological polar surface area (TPSA) is 121 Å². The van der Waals surface area contributed by atoms with Gasteiger partial charge in [0.2, 0.25) is 11.7 Å². The summed E-state index contributed by atoms with van der Waals surface area (Å²) in [4.78, 5) is 33.8. The molecule has 0 radical (unpaired) electrons. The summed E-state index contributed by atoms with van der Waals surface area (Å²) in [5.74, 6) is -5.68. The molecule has 0 aromatic carbocycles. The highest BCUT2D eigenvalue weighted by atomic mass is 16.6. The van der Waals surface area contributed by atoms with Crippen LogP contribution in [-0.2, 0) is 19.1 Å². The Balaban J connectivity index is 2.64. The molecule has 7 heteroatoms. The van der Waals surface area contributed by atoms with E-state index in [1.54, 1.807) is 0 Å². The zero-order valence-electron chi connectivity index (χ0n) is 12.1. The van der Waals surface area contributed by atoms with Crippen LogP contribution in [0.4, 0.5) is 0 Å². The van der Waals surface area contributed by atoms with E-state index >= 15 is 0 Å². The lowest BCUT2D eigenvalue weighted by molar-refractivity contribution is -0.179. The minimum Gasteiger partial charge on any atom is -0.479 e. The summed E-state index contributed by atoms with van der Waals surface area (Å²) in [5.41, 5.74) is -2.69. The molecule has 0 amide bonds. The first-order valence-corrected chi connectivity index (χ1v) is 7.24. The van der Waals surface area contributed by atoms with Crippen LogP contribution in [0.1, 0.15) is 51.9 Å². The third-order valence-corrected chi connectivity index (χ3v) is 3.86. The molecule has 1 rings (SSSR count). The first-order valence-electron chi connectivity index (χ1n) is 7.24. The van der Waals surface area contributed by atoms with Crippen LogP contribution < -0.4 is 0 Å². The molecule has 3 N–H and O–H groups in total. The Labute approximate surface area is 122 Å². The predicted octanol–water partition coefficient (Wildman–Crippen LogP) is 1.18. The molecule has 0 aliphatic carbocycles. The van der Waals surface area contributed by atoms with E-state index in [-0.39, 0.29) is 6.42 Å². The number of unbranched alkanes of at least 4 members (excludes halogenated alkanes) is 5. The zero-order chi connectivity index (χ0) is 16.0. The normalized spacial score (nSPS) is 28.4. The quantitative estimate of drug-likeness (QED) is 0.432. The SMILES string of the molecule is CCCCCCCC[C@@H]1C(=O)O[C@H](C(=O)O)[C@@]1(O)C(=O)O. The monoisotopic (exact) mass is 302 g/mol. The van der Waals surface area contributed by atoms with E-state index in [0.717, 1.165) is 32.1 Å². The first kappa shape index (κ1) is 17.4. The molecule has 0 saturated carbocycles. The number of carboxylic acids is 2. The molecule has 1 aliphatic heterocycles. The van der Waals surface area contributed by atoms with Gasteiger partial charge in [-0.3, -0.25) is 4.79 Å². The molecule has 0 aromatic rings. The summed E-state index contributed by atoms with van der Waals surface area (Å²) in [5, 5.41) is 28.2. The minimum atomic E-state index is -2.69. The van der Waals surface area contributed by atoms with Crippen LogP contribution in [0.25, 0.3) is 0 Å². The molecule has 21 heavy (non-hydrogen) atoms. The number of ether oxygens (including phenoxy) is 1. The maximum absolute atomic E-state index is 11.7. The molecule has 1 aliphatic rings. The lowest BCUT2D eigenvalue weighted by Gasteiger charge is -2.24. The lowest BCUT2D eigenvalue weighted by Crippen LogP contribution is -2.54. The summed E-state index contributed by atoms with van der Waals surface area (Å²) in [6, 6.07) is 0. The van der Waals surface area contributed by atoms with Crippen molar-refractivity contribution >= 4 is 17.9 Å². The Morgan fingerprint density at radius 2 is 1.71 bits per heavy atom. The lowest BCUT2D eigenvalue weighted by atomic mass is 9.82. The number of esters is 1. The second kappa shape index (κ2) is 7.40. The van der Waals surface area contributed by atoms with E-state index in [9.17, 15) is 19.5 Å². The Bertz CT molecular complexity index is 406. The smallest absolute Gasteiger partial charge is 0.348 e. The number of carbonyl (C=O) groups is 3. The highest BCUT2D eigenvalue weighted by Gasteiger charge is 2.64. The first-order chi connectivity index (χ1) is 9.85. The van der Waals surface area contributed by atoms with Gasteiger partial charge < -0.3 is 20.1 Å². The van der Waals surface area contributed by atoms with E-state index < -0.39 is 35.5 Å². The van der Waals surface area contributed by atoms with Gasteiger partial charge in [0.15, 0.2) is 0 Å². The minimum absolute atomic E-state index is 0.109. The summed E-state index contributed by atoms with van der Waals surface area (Å²) in [6.07, 6.45) is 3.66. The van der Waals surface area contributed by atoms with Crippen molar-refractivity contribution in [1.82, 2.24) is 0 Å². The average Bonchev–Trinajstić information content (AvgIpc) is 2.68. The van der Waals surface area contributed by atoms with E-state index in [2.05, 4.69) is 11.7 Å². The van der Waals surface area contributed by atoms with Gasteiger partial charge in [0, 0.05) is 0 Å². The molecule has 7 nitrogen and oxygen atoms in total. The number of carboxylic acid groups (broad SMARTS) is 2. The number of aliphatic carboxylic acids is 2. The molecule has 1 fully saturated rings. The number of carbonyl (C=O) groups excluding carboxylic acids is 1. The Morgan fingerprint density at radius 3 is 2.24 bits per heavy atom. The van der Waals surface area contributed by atoms with Gasteiger partial charge in [-0.05, 0) is 6.42 Å². The van der Waals surface area contributed by atoms with Gasteiger partial charge in [-0.1, -0.05) is 45.4 Å². The van der Waals surface area contributed by atoms with Crippen molar-refractivity contribution in [2.75, 3.05) is 0 Å². The molecule has 0 unspecified atom stereocenters. The number of rotatable bonds is 9. The Hall–Kier alpha value is -1.63. The van der Waals surface area contributed by atoms with Crippen molar-refractivity contribution in [3.63, 3.8) is 0 Å². The maximum atomic E-state index is 11.7. The second-order valence-electron chi connectivity index (χ2n) is 5.39. The zero-order valence-corrected chi connectivity index (χ0v) is 12.1. The van der Waals surface area contributed by atoms with Crippen LogP contribution in [0, 0.1) is 5.92 Å². The van der Waals surface area contributed by atoms with Crippen molar-refractivity contribution < 1.29 is 34.4 Å². The van der Waals surface area contributed by atoms with Crippen LogP contribution in [-0.4, -0.2) is 44.9 Å². The number of hydrogen-bond donors (Lipinski definition) is 3. The fourth-order valence-electron chi connectivity index (χ4n) is 2.62. The Kier molecular flexibility index (Phi) is 6.14. The highest BCUT2D eigenvalue weighted by molar-refractivity contribution is 5.97. The van der Waals surface area contributed by atoms with Gasteiger partial charge in [-0.2, -0.15) is 0 Å². The molecular formula is C14H22O7. The van der Waals surface area contributed by atoms with E-state index in [1.165, 1.54) is 0 Å². The molecule has 3 atom stereocenters. The van der Waals surface area contributed by atoms with Gasteiger partial charge in [-0.15, -0.1) is 0 Å². The predicted molar refractivity (Wildman–Crippen MR) is 71.6 cm³/mol. The highest BCUT2D eigenvalue weighted by Crippen LogP contribution is 2.36. The summed E-state index contributed by atoms with van der Waals surface area (Å²) in [6.45, 7) is 2.09. The molecule has 1 heterocycles. The third-order valence-electron chi connectivity index (χ3n) is 3.86. The van der Waals surface area contributed by atoms with Crippen molar-refractivity contribution in [3.05, 3.63) is 0 Å². The number of cyclic esters (lactones) is 1. The van der Waals surface area contributed by atoms with Crippen LogP contribution in [0.2, 0.25) is 0 Å². The van der Waals surface area contributed by atoms with E-state index in [4.69, 9.17) is 10.2 Å². The molecule has 0 aromatic heterocycles. The number of hydrogen-bond acceptors (Lipinski definition) is 5. The van der Waals surface area contributed by atoms with Crippen LogP contribution in [0.15, 0.2) is 0 Å². The van der Waals surface area contributed by atoms with E-state index in [0.29, 0.717) is 6.42 Å². The fourth-order valence-corrected chi connectivity index (χ4v) is 2.62. The van der Waals surface area contributed by atoms with Crippen molar-refractivity contribution in [1.29, 1.82) is 0 Å². The standard InChI is InChI=1S/C14H22O7/c1-2-3-4-5-6-7-8-9-12(17)21-10(11(15)16)14(9,20)13(18)19/h9-10,20H,2-8H2,1H3,(H,15,16)(H,18,19)/t9-,10-,14-/m1/s1. The average molecular weight is 302 g/mol. The van der Waals surface area contributed by atoms with Gasteiger partial charge in [-0.25, -0.2) is 9.59 Å². The van der Waals surface area contributed by atoms with Gasteiger partial charge in [0.25, 0.3) is 0 Å². The van der Waals surface area contributed by atoms with Crippen molar-refractivity contribution in [2.45, 2.75) is 63.6 Å². The van der Waals surface area contributed by atoms with Crippen LogP contribution in [0.5, 0.6) is 0 Å². The summed E-state index contributed by atoms with van der Waals surface area (Å²) >= 11 is 0. The third kappa shape index (κ3) is 3.72. The second-order valence-corrected chi connectivity index (χ2v) is 5.39. The molecular weight excluding hydrogens is 280 g/mol. The van der Waals surface area contributed by atoms with Crippen molar-refractivity contribution in [2.24, 2.45) is 5.92 Å². The summed E-state index contributed by atoms with van der Waals surface area (Å²) in [7, 11) is 0. The van der Waals surface area contributed by atoms with Crippen molar-refractivity contribution in [3.8, 4) is 0 Å². The molecule has 1 saturated heterocycles. The molecule has 0 bridgehead atoms. The van der Waals surface area contributed by atoms with Crippen LogP contribution in [0.3, 0.4) is 0 Å². The maximum Gasteiger partial charge on any atom is 0.348 e. The Morgan fingerprint density at radius 1 is 1.14 bits per heavy atom. The van der Waals surface area contributed by atoms with Gasteiger partial charge in [0.05, 0.1) is 0 Å². The van der Waals surface area contributed by atoms with Crippen LogP contribution >= 0.6 is 0 Å². The fraction of sp³-hybridized carbons (Fsp3) is 0.786. The van der Waals surface area contributed by atoms with Gasteiger partial charge >= 0.3 is 17.9 Å². The largest absolute Gasteiger partial charge is 0.479 e. The molecule has 0 spiro atoms.